The van der Waals surface area contributed by atoms with E-state index in [0.29, 0.717) is 12.8 Å². The van der Waals surface area contributed by atoms with Crippen molar-refractivity contribution in [1.29, 1.82) is 0 Å². The number of anilines is 1. The Morgan fingerprint density at radius 1 is 1.25 bits per heavy atom. The molecule has 0 heterocycles. The van der Waals surface area contributed by atoms with Crippen molar-refractivity contribution in [2.75, 3.05) is 5.32 Å². The van der Waals surface area contributed by atoms with Crippen LogP contribution < -0.4 is 10.6 Å². The molecule has 1 saturated carbocycles. The highest BCUT2D eigenvalue weighted by Gasteiger charge is 2.30. The van der Waals surface area contributed by atoms with Gasteiger partial charge in [0.1, 0.15) is 0 Å². The molecule has 5 nitrogen and oxygen atoms in total. The normalized spacial score (nSPS) is 21.5. The first kappa shape index (κ1) is 14.4. The SMILES string of the molecule is Cc1cccc(NC(=O)NC2CCC(C(=O)O)C2)c1C. The smallest absolute Gasteiger partial charge is 0.319 e. The van der Waals surface area contributed by atoms with E-state index in [1.807, 2.05) is 32.0 Å². The molecule has 1 aromatic rings. The van der Waals surface area contributed by atoms with Gasteiger partial charge in [-0.05, 0) is 50.3 Å². The average molecular weight is 276 g/mol. The number of carboxylic acid groups (broad SMARTS) is 1. The summed E-state index contributed by atoms with van der Waals surface area (Å²) < 4.78 is 0. The first-order valence-corrected chi connectivity index (χ1v) is 6.84. The van der Waals surface area contributed by atoms with E-state index in [4.69, 9.17) is 5.11 Å². The first-order valence-electron chi connectivity index (χ1n) is 6.84. The van der Waals surface area contributed by atoms with Crippen LogP contribution in [-0.4, -0.2) is 23.1 Å². The summed E-state index contributed by atoms with van der Waals surface area (Å²) in [5.41, 5.74) is 2.95. The molecule has 2 amide bonds. The van der Waals surface area contributed by atoms with Crippen LogP contribution in [0.5, 0.6) is 0 Å². The summed E-state index contributed by atoms with van der Waals surface area (Å²) in [7, 11) is 0. The van der Waals surface area contributed by atoms with Crippen LogP contribution in [-0.2, 0) is 4.79 Å². The van der Waals surface area contributed by atoms with E-state index < -0.39 is 5.97 Å². The number of carbonyl (C=O) groups is 2. The Morgan fingerprint density at radius 3 is 2.65 bits per heavy atom. The molecule has 0 bridgehead atoms. The van der Waals surface area contributed by atoms with Crippen LogP contribution in [0.25, 0.3) is 0 Å². The Labute approximate surface area is 118 Å². The number of benzene rings is 1. The molecule has 2 unspecified atom stereocenters. The number of amides is 2. The maximum Gasteiger partial charge on any atom is 0.319 e. The quantitative estimate of drug-likeness (QED) is 0.794. The summed E-state index contributed by atoms with van der Waals surface area (Å²) in [4.78, 5) is 22.8. The van der Waals surface area contributed by atoms with E-state index in [1.54, 1.807) is 0 Å². The van der Waals surface area contributed by atoms with Crippen molar-refractivity contribution in [3.8, 4) is 0 Å². The molecule has 1 aliphatic rings. The molecule has 20 heavy (non-hydrogen) atoms. The molecular weight excluding hydrogens is 256 g/mol. The fourth-order valence-electron chi connectivity index (χ4n) is 2.57. The summed E-state index contributed by atoms with van der Waals surface area (Å²) in [5.74, 6) is -1.11. The molecular formula is C15H20N2O3. The number of carboxylic acids is 1. The molecule has 0 aliphatic heterocycles. The topological polar surface area (TPSA) is 78.4 Å². The molecule has 108 valence electrons. The van der Waals surface area contributed by atoms with Crippen molar-refractivity contribution < 1.29 is 14.7 Å². The lowest BCUT2D eigenvalue weighted by molar-refractivity contribution is -0.141. The van der Waals surface area contributed by atoms with E-state index in [2.05, 4.69) is 10.6 Å². The zero-order valence-corrected chi connectivity index (χ0v) is 11.8. The first-order chi connectivity index (χ1) is 9.47. The van der Waals surface area contributed by atoms with Gasteiger partial charge in [-0.1, -0.05) is 12.1 Å². The van der Waals surface area contributed by atoms with Crippen molar-refractivity contribution in [2.24, 2.45) is 5.92 Å². The van der Waals surface area contributed by atoms with Gasteiger partial charge in [-0.3, -0.25) is 4.79 Å². The van der Waals surface area contributed by atoms with Gasteiger partial charge in [0.15, 0.2) is 0 Å². The lowest BCUT2D eigenvalue weighted by Gasteiger charge is -2.15. The van der Waals surface area contributed by atoms with Gasteiger partial charge in [-0.25, -0.2) is 4.79 Å². The second-order valence-corrected chi connectivity index (χ2v) is 5.39. The van der Waals surface area contributed by atoms with Crippen LogP contribution in [0.3, 0.4) is 0 Å². The van der Waals surface area contributed by atoms with Crippen LogP contribution in [0.4, 0.5) is 10.5 Å². The maximum atomic E-state index is 11.9. The second kappa shape index (κ2) is 5.94. The summed E-state index contributed by atoms with van der Waals surface area (Å²) >= 11 is 0. The molecule has 3 N–H and O–H groups in total. The molecule has 1 aliphatic carbocycles. The van der Waals surface area contributed by atoms with E-state index >= 15 is 0 Å². The van der Waals surface area contributed by atoms with Gasteiger partial charge in [0.05, 0.1) is 5.92 Å². The monoisotopic (exact) mass is 276 g/mol. The molecule has 2 atom stereocenters. The zero-order chi connectivity index (χ0) is 14.7. The van der Waals surface area contributed by atoms with Crippen molar-refractivity contribution in [1.82, 2.24) is 5.32 Å². The minimum absolute atomic E-state index is 0.0544. The Balaban J connectivity index is 1.90. The third kappa shape index (κ3) is 3.29. The lowest BCUT2D eigenvalue weighted by Crippen LogP contribution is -2.36. The van der Waals surface area contributed by atoms with E-state index in [0.717, 1.165) is 23.2 Å². The van der Waals surface area contributed by atoms with Crippen molar-refractivity contribution >= 4 is 17.7 Å². The molecule has 0 radical (unpaired) electrons. The second-order valence-electron chi connectivity index (χ2n) is 5.39. The van der Waals surface area contributed by atoms with Gasteiger partial charge < -0.3 is 15.7 Å². The highest BCUT2D eigenvalue weighted by atomic mass is 16.4. The van der Waals surface area contributed by atoms with Crippen molar-refractivity contribution in [3.05, 3.63) is 29.3 Å². The molecule has 0 spiro atoms. The Morgan fingerprint density at radius 2 is 2.00 bits per heavy atom. The predicted molar refractivity (Wildman–Crippen MR) is 76.8 cm³/mol. The minimum atomic E-state index is -0.774. The lowest BCUT2D eigenvalue weighted by atomic mass is 10.1. The highest BCUT2D eigenvalue weighted by Crippen LogP contribution is 2.26. The average Bonchev–Trinajstić information content (AvgIpc) is 2.83. The number of aryl methyl sites for hydroxylation is 1. The number of hydrogen-bond donors (Lipinski definition) is 3. The third-order valence-corrected chi connectivity index (χ3v) is 3.97. The number of rotatable bonds is 3. The van der Waals surface area contributed by atoms with Gasteiger partial charge in [-0.15, -0.1) is 0 Å². The van der Waals surface area contributed by atoms with Crippen LogP contribution in [0.15, 0.2) is 18.2 Å². The third-order valence-electron chi connectivity index (χ3n) is 3.97. The minimum Gasteiger partial charge on any atom is -0.481 e. The summed E-state index contributed by atoms with van der Waals surface area (Å²) in [6.45, 7) is 3.95. The number of aliphatic carboxylic acids is 1. The van der Waals surface area contributed by atoms with E-state index in [9.17, 15) is 9.59 Å². The van der Waals surface area contributed by atoms with Gasteiger partial charge in [0.25, 0.3) is 0 Å². The van der Waals surface area contributed by atoms with Crippen LogP contribution in [0.1, 0.15) is 30.4 Å². The van der Waals surface area contributed by atoms with Crippen molar-refractivity contribution in [2.45, 2.75) is 39.2 Å². The molecule has 2 rings (SSSR count). The van der Waals surface area contributed by atoms with Crippen LogP contribution >= 0.6 is 0 Å². The Bertz CT molecular complexity index is 528. The number of urea groups is 1. The number of nitrogens with one attached hydrogen (secondary N) is 2. The molecule has 5 heteroatoms. The molecule has 0 aromatic heterocycles. The van der Waals surface area contributed by atoms with E-state index in [1.165, 1.54) is 0 Å². The fraction of sp³-hybridized carbons (Fsp3) is 0.467. The summed E-state index contributed by atoms with van der Waals surface area (Å²) in [6, 6.07) is 5.42. The Kier molecular flexibility index (Phi) is 4.27. The number of hydrogen-bond acceptors (Lipinski definition) is 2. The van der Waals surface area contributed by atoms with Crippen molar-refractivity contribution in [3.63, 3.8) is 0 Å². The Hall–Kier alpha value is -2.04. The van der Waals surface area contributed by atoms with E-state index in [-0.39, 0.29) is 18.0 Å². The van der Waals surface area contributed by atoms with Gasteiger partial charge >= 0.3 is 12.0 Å². The maximum absolute atomic E-state index is 11.9. The molecule has 1 fully saturated rings. The standard InChI is InChI=1S/C15H20N2O3/c1-9-4-3-5-13(10(9)2)17-15(20)16-12-7-6-11(8-12)14(18)19/h3-5,11-12H,6-8H2,1-2H3,(H,18,19)(H2,16,17,20). The predicted octanol–water partition coefficient (Wildman–Crippen LogP) is 2.68. The number of carbonyl (C=O) groups excluding carboxylic acids is 1. The van der Waals surface area contributed by atoms with Gasteiger partial charge in [-0.2, -0.15) is 0 Å². The molecule has 0 saturated heterocycles. The molecule has 1 aromatic carbocycles. The summed E-state index contributed by atoms with van der Waals surface area (Å²) in [6.07, 6.45) is 1.86. The van der Waals surface area contributed by atoms with Gasteiger partial charge in [0, 0.05) is 11.7 Å². The van der Waals surface area contributed by atoms with Crippen LogP contribution in [0, 0.1) is 19.8 Å². The van der Waals surface area contributed by atoms with Crippen LogP contribution in [0.2, 0.25) is 0 Å². The largest absolute Gasteiger partial charge is 0.481 e. The highest BCUT2D eigenvalue weighted by molar-refractivity contribution is 5.90. The fourth-order valence-corrected chi connectivity index (χ4v) is 2.57. The summed E-state index contributed by atoms with van der Waals surface area (Å²) in [5, 5.41) is 14.6. The zero-order valence-electron chi connectivity index (χ0n) is 11.8. The van der Waals surface area contributed by atoms with Gasteiger partial charge in [0.2, 0.25) is 0 Å².